The number of hydrogen-bond donors (Lipinski definition) is 1. The number of rotatable bonds is 1. The molecule has 2 aromatic rings. The number of hydrogen-bond acceptors (Lipinski definition) is 1. The average Bonchev–Trinajstić information content (AvgIpc) is 2.74. The fourth-order valence-electron chi connectivity index (χ4n) is 2.62. The molecule has 1 aliphatic heterocycles. The smallest absolute Gasteiger partial charge is 0.168 e. The zero-order chi connectivity index (χ0) is 14.7. The Hall–Kier alpha value is -1.42. The zero-order valence-corrected chi connectivity index (χ0v) is 9.30. The van der Waals surface area contributed by atoms with E-state index in [1.165, 1.54) is 12.1 Å². The summed E-state index contributed by atoms with van der Waals surface area (Å²) in [5.74, 6) is -1.96. The van der Waals surface area contributed by atoms with Crippen LogP contribution < -0.4 is 5.32 Å². The molecule has 2 nitrogen and oxygen atoms in total. The Bertz CT molecular complexity index is 678. The number of aromatic nitrogens is 1. The molecule has 0 spiro atoms. The normalized spacial score (nSPS) is 26.6. The maximum atomic E-state index is 13.8. The van der Waals surface area contributed by atoms with Gasteiger partial charge in [0.25, 0.3) is 0 Å². The number of nitrogens with zero attached hydrogens (tertiary/aromatic N) is 1. The van der Waals surface area contributed by atoms with E-state index >= 15 is 0 Å². The lowest BCUT2D eigenvalue weighted by Crippen LogP contribution is -2.37. The standard InChI is InChI=1S/C13H14F2N2/c1-7-9-5-10(14)12(15)8-3-4-17(13(8)9)6-11(7)16-2/h3-5,7,11,16H,6H2,1-2H3/t7-,11+/m0/s1/i2D3. The maximum Gasteiger partial charge on any atom is 0.168 e. The van der Waals surface area contributed by atoms with E-state index in [2.05, 4.69) is 5.32 Å². The van der Waals surface area contributed by atoms with Crippen LogP contribution in [-0.2, 0) is 6.54 Å². The Morgan fingerprint density at radius 3 is 3.12 bits per heavy atom. The highest BCUT2D eigenvalue weighted by Crippen LogP contribution is 2.35. The van der Waals surface area contributed by atoms with Crippen molar-refractivity contribution in [2.75, 3.05) is 6.98 Å². The second kappa shape index (κ2) is 3.53. The van der Waals surface area contributed by atoms with Crippen LogP contribution >= 0.6 is 0 Å². The first-order valence-corrected chi connectivity index (χ1v) is 5.52. The van der Waals surface area contributed by atoms with Crippen LogP contribution in [-0.4, -0.2) is 17.6 Å². The monoisotopic (exact) mass is 239 g/mol. The van der Waals surface area contributed by atoms with Crippen LogP contribution in [0.1, 0.15) is 22.5 Å². The molecule has 0 radical (unpaired) electrons. The highest BCUT2D eigenvalue weighted by molar-refractivity contribution is 5.85. The van der Waals surface area contributed by atoms with E-state index in [1.807, 2.05) is 6.92 Å². The molecule has 0 unspecified atom stereocenters. The van der Waals surface area contributed by atoms with E-state index in [0.29, 0.717) is 17.6 Å². The number of benzene rings is 1. The first kappa shape index (κ1) is 7.82. The molecule has 1 aromatic carbocycles. The largest absolute Gasteiger partial charge is 0.346 e. The minimum Gasteiger partial charge on any atom is -0.346 e. The summed E-state index contributed by atoms with van der Waals surface area (Å²) in [6.07, 6.45) is 1.66. The summed E-state index contributed by atoms with van der Waals surface area (Å²) in [4.78, 5) is 0. The third kappa shape index (κ3) is 1.33. The summed E-state index contributed by atoms with van der Waals surface area (Å²) in [7, 11) is 0. The molecule has 17 heavy (non-hydrogen) atoms. The van der Waals surface area contributed by atoms with Crippen LogP contribution in [0.4, 0.5) is 8.78 Å². The zero-order valence-electron chi connectivity index (χ0n) is 12.3. The minimum atomic E-state index is -2.26. The van der Waals surface area contributed by atoms with Crippen molar-refractivity contribution < 1.29 is 12.9 Å². The van der Waals surface area contributed by atoms with Gasteiger partial charge in [0.15, 0.2) is 11.6 Å². The van der Waals surface area contributed by atoms with E-state index in [1.54, 1.807) is 10.8 Å². The maximum absolute atomic E-state index is 13.8. The van der Waals surface area contributed by atoms with Gasteiger partial charge in [0.05, 0.1) is 5.52 Å². The van der Waals surface area contributed by atoms with Crippen LogP contribution in [0.2, 0.25) is 0 Å². The van der Waals surface area contributed by atoms with Gasteiger partial charge in [-0.3, -0.25) is 0 Å². The lowest BCUT2D eigenvalue weighted by Gasteiger charge is -2.30. The molecule has 1 aliphatic rings. The molecule has 0 saturated carbocycles. The topological polar surface area (TPSA) is 17.0 Å². The van der Waals surface area contributed by atoms with Crippen molar-refractivity contribution in [1.82, 2.24) is 9.88 Å². The van der Waals surface area contributed by atoms with Crippen LogP contribution in [0.5, 0.6) is 0 Å². The summed E-state index contributed by atoms with van der Waals surface area (Å²) in [5, 5.41) is 2.83. The summed E-state index contributed by atoms with van der Waals surface area (Å²) >= 11 is 0. The van der Waals surface area contributed by atoms with Gasteiger partial charge in [-0.25, -0.2) is 8.78 Å². The Morgan fingerprint density at radius 1 is 1.53 bits per heavy atom. The fraction of sp³-hybridized carbons (Fsp3) is 0.385. The summed E-state index contributed by atoms with van der Waals surface area (Å²) in [6.45, 7) is -0.0194. The highest BCUT2D eigenvalue weighted by Gasteiger charge is 2.28. The predicted octanol–water partition coefficient (Wildman–Crippen LogP) is 2.62. The molecule has 3 rings (SSSR count). The van der Waals surface area contributed by atoms with Crippen molar-refractivity contribution in [3.05, 3.63) is 35.5 Å². The number of halogens is 2. The van der Waals surface area contributed by atoms with Crippen LogP contribution in [0.15, 0.2) is 18.3 Å². The van der Waals surface area contributed by atoms with E-state index < -0.39 is 18.6 Å². The molecule has 90 valence electrons. The SMILES string of the molecule is [2H]C([2H])([2H])N[C@@H]1Cn2ccc3c(F)c(F)cc(c32)[C@@H]1C. The fourth-order valence-corrected chi connectivity index (χ4v) is 2.62. The third-order valence-electron chi connectivity index (χ3n) is 3.64. The van der Waals surface area contributed by atoms with Crippen molar-refractivity contribution >= 4 is 10.9 Å². The van der Waals surface area contributed by atoms with E-state index in [-0.39, 0.29) is 17.3 Å². The molecule has 4 heteroatoms. The average molecular weight is 239 g/mol. The van der Waals surface area contributed by atoms with Gasteiger partial charge in [0.2, 0.25) is 0 Å². The van der Waals surface area contributed by atoms with Gasteiger partial charge < -0.3 is 9.88 Å². The molecular formula is C13H14F2N2. The van der Waals surface area contributed by atoms with Crippen molar-refractivity contribution in [2.45, 2.75) is 25.4 Å². The Kier molecular flexibility index (Phi) is 1.63. The Labute approximate surface area is 102 Å². The number of likely N-dealkylation sites (N-methyl/N-ethyl adjacent to an activating group) is 1. The Balaban J connectivity index is 2.12. The second-order valence-electron chi connectivity index (χ2n) is 4.53. The molecule has 0 saturated heterocycles. The van der Waals surface area contributed by atoms with Crippen molar-refractivity contribution in [3.63, 3.8) is 0 Å². The van der Waals surface area contributed by atoms with Crippen LogP contribution in [0.25, 0.3) is 10.9 Å². The lowest BCUT2D eigenvalue weighted by atomic mass is 9.89. The summed E-state index contributed by atoms with van der Waals surface area (Å²) in [5.41, 5.74) is 1.29. The first-order valence-electron chi connectivity index (χ1n) is 7.02. The van der Waals surface area contributed by atoms with Gasteiger partial charge in [0.1, 0.15) is 0 Å². The van der Waals surface area contributed by atoms with Gasteiger partial charge >= 0.3 is 0 Å². The summed E-state index contributed by atoms with van der Waals surface area (Å²) in [6, 6.07) is 2.35. The predicted molar refractivity (Wildman–Crippen MR) is 63.1 cm³/mol. The molecule has 0 fully saturated rings. The molecule has 2 atom stereocenters. The highest BCUT2D eigenvalue weighted by atomic mass is 19.2. The molecule has 1 aromatic heterocycles. The van der Waals surface area contributed by atoms with Crippen molar-refractivity contribution in [1.29, 1.82) is 0 Å². The molecule has 2 heterocycles. The van der Waals surface area contributed by atoms with Gasteiger partial charge in [0, 0.05) is 34.2 Å². The number of nitrogens with one attached hydrogen (secondary N) is 1. The van der Waals surface area contributed by atoms with E-state index in [9.17, 15) is 8.78 Å². The summed E-state index contributed by atoms with van der Waals surface area (Å²) < 4.78 is 51.1. The lowest BCUT2D eigenvalue weighted by molar-refractivity contribution is 0.411. The Morgan fingerprint density at radius 2 is 2.35 bits per heavy atom. The van der Waals surface area contributed by atoms with Crippen LogP contribution in [0, 0.1) is 11.6 Å². The van der Waals surface area contributed by atoms with Gasteiger partial charge in [-0.05, 0) is 24.7 Å². The van der Waals surface area contributed by atoms with E-state index in [0.717, 1.165) is 0 Å². The molecular weight excluding hydrogens is 222 g/mol. The van der Waals surface area contributed by atoms with E-state index in [4.69, 9.17) is 4.11 Å². The second-order valence-corrected chi connectivity index (χ2v) is 4.53. The quantitative estimate of drug-likeness (QED) is 0.809. The molecule has 0 bridgehead atoms. The third-order valence-corrected chi connectivity index (χ3v) is 3.64. The molecule has 0 amide bonds. The van der Waals surface area contributed by atoms with Crippen LogP contribution in [0.3, 0.4) is 0 Å². The van der Waals surface area contributed by atoms with Crippen molar-refractivity contribution in [3.8, 4) is 0 Å². The first-order chi connectivity index (χ1) is 9.28. The molecule has 1 N–H and O–H groups in total. The van der Waals surface area contributed by atoms with Crippen molar-refractivity contribution in [2.24, 2.45) is 0 Å². The van der Waals surface area contributed by atoms with Gasteiger partial charge in [-0.15, -0.1) is 0 Å². The van der Waals surface area contributed by atoms with Gasteiger partial charge in [-0.2, -0.15) is 0 Å². The molecule has 0 aliphatic carbocycles. The van der Waals surface area contributed by atoms with Gasteiger partial charge in [-0.1, -0.05) is 6.92 Å². The minimum absolute atomic E-state index is 0.213.